The Hall–Kier alpha value is -1.46. The van der Waals surface area contributed by atoms with Gasteiger partial charge in [0.25, 0.3) is 5.91 Å². The van der Waals surface area contributed by atoms with Crippen molar-refractivity contribution in [2.24, 2.45) is 0 Å². The monoisotopic (exact) mass is 328 g/mol. The van der Waals surface area contributed by atoms with E-state index in [1.165, 1.54) is 18.2 Å². The molecule has 0 saturated carbocycles. The summed E-state index contributed by atoms with van der Waals surface area (Å²) in [4.78, 5) is 15.9. The summed E-state index contributed by atoms with van der Waals surface area (Å²) >= 11 is 8.93. The molecule has 0 atom stereocenters. The molecule has 0 saturated heterocycles. The molecule has 0 bridgehead atoms. The Labute approximate surface area is 116 Å². The molecule has 1 aromatic heterocycles. The molecule has 0 aliphatic carbocycles. The summed E-state index contributed by atoms with van der Waals surface area (Å²) in [6.07, 6.45) is 1.58. The molecule has 1 N–H and O–H groups in total. The molecule has 92 valence electrons. The van der Waals surface area contributed by atoms with E-state index in [2.05, 4.69) is 26.2 Å². The highest BCUT2D eigenvalue weighted by molar-refractivity contribution is 9.10. The number of nitrogens with zero attached hydrogens (tertiary/aromatic N) is 1. The van der Waals surface area contributed by atoms with Crippen LogP contribution in [-0.4, -0.2) is 10.9 Å². The quantitative estimate of drug-likeness (QED) is 0.849. The van der Waals surface area contributed by atoms with Crippen LogP contribution in [0.25, 0.3) is 0 Å². The van der Waals surface area contributed by atoms with Crippen molar-refractivity contribution < 1.29 is 9.18 Å². The van der Waals surface area contributed by atoms with Gasteiger partial charge in [0, 0.05) is 6.20 Å². The third-order valence-electron chi connectivity index (χ3n) is 2.20. The zero-order valence-electron chi connectivity index (χ0n) is 8.95. The van der Waals surface area contributed by atoms with E-state index in [9.17, 15) is 9.18 Å². The Morgan fingerprint density at radius 2 is 2.11 bits per heavy atom. The first kappa shape index (κ1) is 13.0. The number of rotatable bonds is 2. The highest BCUT2D eigenvalue weighted by Crippen LogP contribution is 2.23. The van der Waals surface area contributed by atoms with Gasteiger partial charge < -0.3 is 5.32 Å². The van der Waals surface area contributed by atoms with Crippen molar-refractivity contribution in [2.45, 2.75) is 0 Å². The van der Waals surface area contributed by atoms with Gasteiger partial charge >= 0.3 is 0 Å². The molecule has 1 aromatic carbocycles. The zero-order valence-corrected chi connectivity index (χ0v) is 11.3. The summed E-state index contributed by atoms with van der Waals surface area (Å²) in [7, 11) is 0. The lowest BCUT2D eigenvalue weighted by Crippen LogP contribution is -2.13. The van der Waals surface area contributed by atoms with Crippen LogP contribution in [0, 0.1) is 5.82 Å². The molecule has 3 nitrogen and oxygen atoms in total. The van der Waals surface area contributed by atoms with Crippen LogP contribution in [-0.2, 0) is 0 Å². The maximum Gasteiger partial charge on any atom is 0.257 e. The van der Waals surface area contributed by atoms with E-state index in [1.54, 1.807) is 18.3 Å². The van der Waals surface area contributed by atoms with Crippen LogP contribution in [0.3, 0.4) is 0 Å². The predicted octanol–water partition coefficient (Wildman–Crippen LogP) is 3.89. The van der Waals surface area contributed by atoms with E-state index in [0.29, 0.717) is 10.3 Å². The molecule has 1 amide bonds. The number of carbonyl (C=O) groups is 1. The van der Waals surface area contributed by atoms with Gasteiger partial charge in [0.15, 0.2) is 0 Å². The van der Waals surface area contributed by atoms with E-state index in [1.807, 2.05) is 0 Å². The zero-order chi connectivity index (χ0) is 13.1. The van der Waals surface area contributed by atoms with Gasteiger partial charge in [-0.3, -0.25) is 4.79 Å². The first-order valence-electron chi connectivity index (χ1n) is 4.95. The lowest BCUT2D eigenvalue weighted by Gasteiger charge is -2.08. The van der Waals surface area contributed by atoms with Gasteiger partial charge in [0.2, 0.25) is 0 Å². The van der Waals surface area contributed by atoms with Gasteiger partial charge in [0.05, 0.1) is 16.3 Å². The van der Waals surface area contributed by atoms with Gasteiger partial charge in [-0.25, -0.2) is 9.37 Å². The van der Waals surface area contributed by atoms with Gasteiger partial charge in [-0.1, -0.05) is 17.7 Å². The van der Waals surface area contributed by atoms with Gasteiger partial charge in [0.1, 0.15) is 10.4 Å². The largest absolute Gasteiger partial charge is 0.320 e. The SMILES string of the molecule is O=C(Nc1cccnc1Br)c1cccc(F)c1Cl. The molecule has 6 heteroatoms. The Bertz CT molecular complexity index is 606. The molecular weight excluding hydrogens is 322 g/mol. The second-order valence-corrected chi connectivity index (χ2v) is 4.53. The van der Waals surface area contributed by atoms with Crippen LogP contribution < -0.4 is 5.32 Å². The van der Waals surface area contributed by atoms with Gasteiger partial charge in [-0.05, 0) is 40.2 Å². The number of anilines is 1. The summed E-state index contributed by atoms with van der Waals surface area (Å²) in [6.45, 7) is 0. The minimum Gasteiger partial charge on any atom is -0.320 e. The lowest BCUT2D eigenvalue weighted by molar-refractivity contribution is 0.102. The number of nitrogens with one attached hydrogen (secondary N) is 1. The van der Waals surface area contributed by atoms with Crippen LogP contribution in [0.15, 0.2) is 41.1 Å². The van der Waals surface area contributed by atoms with Crippen LogP contribution in [0.1, 0.15) is 10.4 Å². The second kappa shape index (κ2) is 5.46. The predicted molar refractivity (Wildman–Crippen MR) is 71.3 cm³/mol. The van der Waals surface area contributed by atoms with Crippen molar-refractivity contribution in [3.05, 3.63) is 57.5 Å². The number of hydrogen-bond donors (Lipinski definition) is 1. The molecule has 18 heavy (non-hydrogen) atoms. The summed E-state index contributed by atoms with van der Waals surface area (Å²) in [6, 6.07) is 7.41. The van der Waals surface area contributed by atoms with Crippen LogP contribution in [0.4, 0.5) is 10.1 Å². The van der Waals surface area contributed by atoms with Crippen LogP contribution in [0.2, 0.25) is 5.02 Å². The van der Waals surface area contributed by atoms with Crippen molar-refractivity contribution >= 4 is 39.1 Å². The normalized spacial score (nSPS) is 10.2. The fourth-order valence-corrected chi connectivity index (χ4v) is 1.91. The second-order valence-electron chi connectivity index (χ2n) is 3.40. The smallest absolute Gasteiger partial charge is 0.257 e. The first-order chi connectivity index (χ1) is 8.59. The maximum absolute atomic E-state index is 13.2. The number of halogens is 3. The summed E-state index contributed by atoms with van der Waals surface area (Å²) < 4.78 is 13.7. The van der Waals surface area contributed by atoms with Crippen molar-refractivity contribution in [1.29, 1.82) is 0 Å². The summed E-state index contributed by atoms with van der Waals surface area (Å²) in [5.74, 6) is -1.12. The summed E-state index contributed by atoms with van der Waals surface area (Å²) in [5, 5.41) is 2.40. The van der Waals surface area contributed by atoms with E-state index >= 15 is 0 Å². The molecule has 2 rings (SSSR count). The fraction of sp³-hybridized carbons (Fsp3) is 0. The number of aromatic nitrogens is 1. The van der Waals surface area contributed by atoms with Crippen molar-refractivity contribution in [3.63, 3.8) is 0 Å². The Morgan fingerprint density at radius 3 is 2.83 bits per heavy atom. The first-order valence-corrected chi connectivity index (χ1v) is 6.12. The molecule has 2 aromatic rings. The number of benzene rings is 1. The third-order valence-corrected chi connectivity index (χ3v) is 3.22. The van der Waals surface area contributed by atoms with E-state index in [-0.39, 0.29) is 10.6 Å². The molecule has 0 aliphatic heterocycles. The fourth-order valence-electron chi connectivity index (χ4n) is 1.35. The average molecular weight is 330 g/mol. The molecule has 0 fully saturated rings. The molecule has 0 aliphatic rings. The summed E-state index contributed by atoms with van der Waals surface area (Å²) in [5.41, 5.74) is 0.565. The number of pyridine rings is 1. The molecule has 1 heterocycles. The third kappa shape index (κ3) is 2.68. The van der Waals surface area contributed by atoms with Crippen LogP contribution >= 0.6 is 27.5 Å². The van der Waals surface area contributed by atoms with Crippen molar-refractivity contribution in [3.8, 4) is 0 Å². The molecule has 0 radical (unpaired) electrons. The number of hydrogen-bond acceptors (Lipinski definition) is 2. The highest BCUT2D eigenvalue weighted by Gasteiger charge is 2.14. The molecular formula is C12H7BrClFN2O. The average Bonchev–Trinajstić information content (AvgIpc) is 2.35. The maximum atomic E-state index is 13.2. The minimum absolute atomic E-state index is 0.0763. The number of carbonyl (C=O) groups excluding carboxylic acids is 1. The van der Waals surface area contributed by atoms with Crippen molar-refractivity contribution in [1.82, 2.24) is 4.98 Å². The lowest BCUT2D eigenvalue weighted by atomic mass is 10.2. The molecule has 0 spiro atoms. The van der Waals surface area contributed by atoms with E-state index in [4.69, 9.17) is 11.6 Å². The van der Waals surface area contributed by atoms with Crippen LogP contribution in [0.5, 0.6) is 0 Å². The van der Waals surface area contributed by atoms with Gasteiger partial charge in [-0.2, -0.15) is 0 Å². The number of amides is 1. The van der Waals surface area contributed by atoms with Gasteiger partial charge in [-0.15, -0.1) is 0 Å². The van der Waals surface area contributed by atoms with E-state index in [0.717, 1.165) is 0 Å². The Balaban J connectivity index is 2.28. The minimum atomic E-state index is -0.630. The topological polar surface area (TPSA) is 42.0 Å². The Kier molecular flexibility index (Phi) is 3.93. The highest BCUT2D eigenvalue weighted by atomic mass is 79.9. The standard InChI is InChI=1S/C12H7BrClFN2O/c13-11-9(5-2-6-16-11)17-12(18)7-3-1-4-8(15)10(7)14/h1-6H,(H,17,18). The Morgan fingerprint density at radius 1 is 1.33 bits per heavy atom. The van der Waals surface area contributed by atoms with E-state index < -0.39 is 11.7 Å². The molecule has 0 unspecified atom stereocenters. The van der Waals surface area contributed by atoms with Crippen molar-refractivity contribution in [2.75, 3.05) is 5.32 Å².